The van der Waals surface area contributed by atoms with Crippen LogP contribution in [0.15, 0.2) is 42.5 Å². The Labute approximate surface area is 148 Å². The van der Waals surface area contributed by atoms with Gasteiger partial charge in [0, 0.05) is 6.42 Å². The molecule has 0 fully saturated rings. The second-order valence-electron chi connectivity index (χ2n) is 4.91. The van der Waals surface area contributed by atoms with Crippen molar-refractivity contribution in [2.75, 3.05) is 0 Å². The lowest BCUT2D eigenvalue weighted by molar-refractivity contribution is -0.137. The molecule has 8 heteroatoms. The smallest absolute Gasteiger partial charge is 0.417 e. The lowest BCUT2D eigenvalue weighted by Crippen LogP contribution is -2.10. The van der Waals surface area contributed by atoms with Crippen LogP contribution in [-0.4, -0.2) is 5.84 Å². The molecule has 0 unspecified atom stereocenters. The number of alkyl halides is 3. The van der Waals surface area contributed by atoms with E-state index in [1.807, 2.05) is 0 Å². The molecule has 0 aliphatic heterocycles. The second kappa shape index (κ2) is 8.26. The Balaban J connectivity index is 0.00000288. The van der Waals surface area contributed by atoms with E-state index in [9.17, 15) is 13.2 Å². The zero-order valence-electron chi connectivity index (χ0n) is 12.4. The fourth-order valence-electron chi connectivity index (χ4n) is 1.92. The molecule has 0 saturated carbocycles. The number of nitrogens with two attached hydrogens (primary N) is 1. The van der Waals surface area contributed by atoms with Crippen LogP contribution in [0.3, 0.4) is 0 Å². The average Bonchev–Trinajstić information content (AvgIpc) is 2.47. The van der Waals surface area contributed by atoms with Gasteiger partial charge in [-0.1, -0.05) is 23.7 Å². The number of hydrogen-bond donors (Lipinski definition) is 2. The molecule has 0 aromatic heterocycles. The van der Waals surface area contributed by atoms with E-state index in [-0.39, 0.29) is 29.0 Å². The Morgan fingerprint density at radius 1 is 1.08 bits per heavy atom. The molecule has 0 spiro atoms. The van der Waals surface area contributed by atoms with Crippen molar-refractivity contribution < 1.29 is 17.9 Å². The van der Waals surface area contributed by atoms with E-state index in [1.54, 1.807) is 24.3 Å². The van der Waals surface area contributed by atoms with Crippen molar-refractivity contribution in [1.82, 2.24) is 0 Å². The van der Waals surface area contributed by atoms with Gasteiger partial charge >= 0.3 is 6.18 Å². The van der Waals surface area contributed by atoms with Crippen molar-refractivity contribution in [3.05, 3.63) is 58.6 Å². The highest BCUT2D eigenvalue weighted by Crippen LogP contribution is 2.37. The number of hydrogen-bond acceptors (Lipinski definition) is 2. The highest BCUT2D eigenvalue weighted by Gasteiger charge is 2.33. The number of ether oxygens (including phenoxy) is 1. The maximum Gasteiger partial charge on any atom is 0.417 e. The van der Waals surface area contributed by atoms with Crippen LogP contribution in [0.4, 0.5) is 13.2 Å². The fourth-order valence-corrected chi connectivity index (χ4v) is 2.15. The monoisotopic (exact) mass is 378 g/mol. The second-order valence-corrected chi connectivity index (χ2v) is 5.32. The van der Waals surface area contributed by atoms with Crippen LogP contribution in [0.25, 0.3) is 0 Å². The third-order valence-electron chi connectivity index (χ3n) is 3.09. The molecule has 0 amide bonds. The minimum Gasteiger partial charge on any atom is -0.457 e. The molecule has 0 aliphatic carbocycles. The largest absolute Gasteiger partial charge is 0.457 e. The van der Waals surface area contributed by atoms with Crippen molar-refractivity contribution in [2.45, 2.75) is 19.0 Å². The van der Waals surface area contributed by atoms with Gasteiger partial charge in [-0.3, -0.25) is 5.41 Å². The lowest BCUT2D eigenvalue weighted by Gasteiger charge is -2.12. The van der Waals surface area contributed by atoms with Gasteiger partial charge in [0.15, 0.2) is 0 Å². The summed E-state index contributed by atoms with van der Waals surface area (Å²) in [6.45, 7) is 0. The van der Waals surface area contributed by atoms with Crippen molar-refractivity contribution in [1.29, 1.82) is 5.41 Å². The molecule has 2 rings (SSSR count). The SMILES string of the molecule is Cl.N=C(N)CCc1ccc(Oc2ccc(Cl)c(C(F)(F)F)c2)cc1. The summed E-state index contributed by atoms with van der Waals surface area (Å²) in [6.07, 6.45) is -3.46. The molecular weight excluding hydrogens is 364 g/mol. The Morgan fingerprint density at radius 3 is 2.21 bits per heavy atom. The molecule has 2 aromatic carbocycles. The standard InChI is InChI=1S/C16H14ClF3N2O.ClH/c17-14-7-6-12(9-13(14)16(18,19)20)23-11-4-1-10(2-5-11)3-8-15(21)22;/h1-2,4-7,9H,3,8H2,(H3,21,22);1H. The van der Waals surface area contributed by atoms with Gasteiger partial charge in [-0.2, -0.15) is 13.2 Å². The van der Waals surface area contributed by atoms with Crippen LogP contribution in [0.5, 0.6) is 11.5 Å². The first-order valence-corrected chi connectivity index (χ1v) is 7.10. The number of aryl methyl sites for hydroxylation is 1. The molecule has 3 N–H and O–H groups in total. The first kappa shape index (κ1) is 20.1. The van der Waals surface area contributed by atoms with Gasteiger partial charge in [-0.05, 0) is 42.3 Å². The summed E-state index contributed by atoms with van der Waals surface area (Å²) in [5.41, 5.74) is 5.31. The first-order valence-electron chi connectivity index (χ1n) is 6.72. The minimum absolute atomic E-state index is 0. The summed E-state index contributed by atoms with van der Waals surface area (Å²) >= 11 is 5.56. The van der Waals surface area contributed by atoms with Crippen molar-refractivity contribution in [3.8, 4) is 11.5 Å². The summed E-state index contributed by atoms with van der Waals surface area (Å²) in [6, 6.07) is 10.3. The number of amidine groups is 1. The molecule has 0 heterocycles. The van der Waals surface area contributed by atoms with Gasteiger partial charge in [0.25, 0.3) is 0 Å². The third-order valence-corrected chi connectivity index (χ3v) is 3.41. The van der Waals surface area contributed by atoms with E-state index in [0.717, 1.165) is 17.7 Å². The van der Waals surface area contributed by atoms with Crippen LogP contribution in [-0.2, 0) is 12.6 Å². The molecule has 0 saturated heterocycles. The highest BCUT2D eigenvalue weighted by molar-refractivity contribution is 6.31. The van der Waals surface area contributed by atoms with Crippen LogP contribution in [0.1, 0.15) is 17.5 Å². The summed E-state index contributed by atoms with van der Waals surface area (Å²) in [4.78, 5) is 0. The molecule has 24 heavy (non-hydrogen) atoms. The fraction of sp³-hybridized carbons (Fsp3) is 0.188. The molecule has 0 radical (unpaired) electrons. The lowest BCUT2D eigenvalue weighted by atomic mass is 10.1. The van der Waals surface area contributed by atoms with E-state index >= 15 is 0 Å². The molecular formula is C16H15Cl2F3N2O. The van der Waals surface area contributed by atoms with E-state index in [2.05, 4.69) is 0 Å². The zero-order valence-corrected chi connectivity index (χ0v) is 13.9. The quantitative estimate of drug-likeness (QED) is 0.537. The van der Waals surface area contributed by atoms with Crippen molar-refractivity contribution in [2.24, 2.45) is 5.73 Å². The summed E-state index contributed by atoms with van der Waals surface area (Å²) in [5, 5.41) is 6.80. The number of rotatable bonds is 5. The number of halogens is 5. The molecule has 3 nitrogen and oxygen atoms in total. The van der Waals surface area contributed by atoms with E-state index in [4.69, 9.17) is 27.5 Å². The van der Waals surface area contributed by atoms with E-state index in [1.165, 1.54) is 6.07 Å². The topological polar surface area (TPSA) is 59.1 Å². The first-order chi connectivity index (χ1) is 10.8. The van der Waals surface area contributed by atoms with Crippen LogP contribution in [0, 0.1) is 5.41 Å². The Bertz CT molecular complexity index is 703. The molecule has 2 aromatic rings. The summed E-state index contributed by atoms with van der Waals surface area (Å²) in [7, 11) is 0. The number of benzene rings is 2. The highest BCUT2D eigenvalue weighted by atomic mass is 35.5. The summed E-state index contributed by atoms with van der Waals surface area (Å²) in [5.74, 6) is 0.566. The van der Waals surface area contributed by atoms with Gasteiger partial charge in [-0.25, -0.2) is 0 Å². The molecule has 130 valence electrons. The Morgan fingerprint density at radius 2 is 1.67 bits per heavy atom. The van der Waals surface area contributed by atoms with Crippen molar-refractivity contribution >= 4 is 29.8 Å². The predicted molar refractivity (Wildman–Crippen MR) is 90.5 cm³/mol. The van der Waals surface area contributed by atoms with Gasteiger partial charge in [-0.15, -0.1) is 12.4 Å². The molecule has 0 bridgehead atoms. The Kier molecular flexibility index (Phi) is 6.93. The van der Waals surface area contributed by atoms with E-state index in [0.29, 0.717) is 18.6 Å². The van der Waals surface area contributed by atoms with Gasteiger partial charge in [0.1, 0.15) is 11.5 Å². The Hall–Kier alpha value is -1.92. The predicted octanol–water partition coefficient (Wildman–Crippen LogP) is 5.44. The maximum absolute atomic E-state index is 12.8. The van der Waals surface area contributed by atoms with Gasteiger partial charge in [0.05, 0.1) is 16.4 Å². The van der Waals surface area contributed by atoms with Crippen molar-refractivity contribution in [3.63, 3.8) is 0 Å². The number of nitrogens with one attached hydrogen (secondary N) is 1. The molecule has 0 atom stereocenters. The maximum atomic E-state index is 12.8. The van der Waals surface area contributed by atoms with Crippen LogP contribution >= 0.6 is 24.0 Å². The normalized spacial score (nSPS) is 10.8. The van der Waals surface area contributed by atoms with Crippen LogP contribution in [0.2, 0.25) is 5.02 Å². The van der Waals surface area contributed by atoms with Gasteiger partial charge < -0.3 is 10.5 Å². The summed E-state index contributed by atoms with van der Waals surface area (Å²) < 4.78 is 43.8. The van der Waals surface area contributed by atoms with Crippen LogP contribution < -0.4 is 10.5 Å². The minimum atomic E-state index is -4.53. The van der Waals surface area contributed by atoms with E-state index < -0.39 is 11.7 Å². The van der Waals surface area contributed by atoms with Gasteiger partial charge in [0.2, 0.25) is 0 Å². The third kappa shape index (κ3) is 5.62. The average molecular weight is 379 g/mol. The zero-order chi connectivity index (χ0) is 17.0. The molecule has 0 aliphatic rings.